The van der Waals surface area contributed by atoms with Crippen LogP contribution in [0.15, 0.2) is 36.4 Å². The highest BCUT2D eigenvalue weighted by Crippen LogP contribution is 2.25. The van der Waals surface area contributed by atoms with Crippen LogP contribution in [0.2, 0.25) is 0 Å². The number of carbonyl (C=O) groups excluding carboxylic acids is 1. The largest absolute Gasteiger partial charge is 0.483 e. The predicted octanol–water partition coefficient (Wildman–Crippen LogP) is 4.44. The first-order chi connectivity index (χ1) is 12.0. The van der Waals surface area contributed by atoms with Crippen molar-refractivity contribution < 1.29 is 9.53 Å². The van der Waals surface area contributed by atoms with Gasteiger partial charge in [0.2, 0.25) is 0 Å². The van der Waals surface area contributed by atoms with Crippen LogP contribution >= 0.6 is 0 Å². The van der Waals surface area contributed by atoms with E-state index in [1.807, 2.05) is 39.0 Å². The third kappa shape index (κ3) is 4.22. The average Bonchev–Trinajstić information content (AvgIpc) is 2.62. The molecule has 0 spiro atoms. The molecule has 25 heavy (non-hydrogen) atoms. The molecule has 0 fully saturated rings. The lowest BCUT2D eigenvalue weighted by Gasteiger charge is -2.20. The first-order valence-electron chi connectivity index (χ1n) is 9.14. The van der Waals surface area contributed by atoms with Crippen molar-refractivity contribution in [1.82, 2.24) is 5.32 Å². The van der Waals surface area contributed by atoms with E-state index in [4.69, 9.17) is 4.74 Å². The van der Waals surface area contributed by atoms with Crippen LogP contribution in [-0.2, 0) is 17.6 Å². The van der Waals surface area contributed by atoms with E-state index in [0.29, 0.717) is 0 Å². The number of aryl methyl sites for hydroxylation is 3. The minimum Gasteiger partial charge on any atom is -0.483 e. The fourth-order valence-corrected chi connectivity index (χ4v) is 3.41. The Labute approximate surface area is 150 Å². The number of benzene rings is 2. The van der Waals surface area contributed by atoms with E-state index in [9.17, 15) is 4.79 Å². The van der Waals surface area contributed by atoms with Gasteiger partial charge in [-0.2, -0.15) is 0 Å². The molecule has 3 nitrogen and oxygen atoms in total. The molecule has 0 radical (unpaired) electrons. The number of hydrogen-bond acceptors (Lipinski definition) is 2. The van der Waals surface area contributed by atoms with Gasteiger partial charge in [-0.15, -0.1) is 0 Å². The van der Waals surface area contributed by atoms with Gasteiger partial charge in [0.05, 0.1) is 6.04 Å². The monoisotopic (exact) mass is 337 g/mol. The molecule has 0 saturated heterocycles. The maximum Gasteiger partial charge on any atom is 0.258 e. The van der Waals surface area contributed by atoms with Crippen LogP contribution < -0.4 is 10.1 Å². The number of hydrogen-bond donors (Lipinski definition) is 1. The van der Waals surface area contributed by atoms with Gasteiger partial charge in [0.15, 0.2) is 6.61 Å². The van der Waals surface area contributed by atoms with Gasteiger partial charge in [-0.3, -0.25) is 4.79 Å². The Balaban J connectivity index is 1.58. The van der Waals surface area contributed by atoms with Crippen molar-refractivity contribution in [3.8, 4) is 5.75 Å². The maximum absolute atomic E-state index is 12.2. The van der Waals surface area contributed by atoms with E-state index in [1.165, 1.54) is 41.5 Å². The molecular formula is C22H27NO2. The van der Waals surface area contributed by atoms with Crippen molar-refractivity contribution in [2.75, 3.05) is 6.61 Å². The van der Waals surface area contributed by atoms with Gasteiger partial charge in [-0.1, -0.05) is 30.3 Å². The Morgan fingerprint density at radius 2 is 1.88 bits per heavy atom. The summed E-state index contributed by atoms with van der Waals surface area (Å²) >= 11 is 0. The smallest absolute Gasteiger partial charge is 0.258 e. The van der Waals surface area contributed by atoms with E-state index in [1.54, 1.807) is 0 Å². The van der Waals surface area contributed by atoms with Crippen molar-refractivity contribution in [2.45, 2.75) is 52.5 Å². The summed E-state index contributed by atoms with van der Waals surface area (Å²) in [6.45, 7) is 6.12. The lowest BCUT2D eigenvalue weighted by atomic mass is 9.89. The summed E-state index contributed by atoms with van der Waals surface area (Å²) in [7, 11) is 0. The van der Waals surface area contributed by atoms with Gasteiger partial charge in [-0.05, 0) is 80.3 Å². The van der Waals surface area contributed by atoms with Gasteiger partial charge in [0.1, 0.15) is 5.75 Å². The molecule has 1 aliphatic carbocycles. The van der Waals surface area contributed by atoms with E-state index in [2.05, 4.69) is 23.5 Å². The normalized spacial score (nSPS) is 14.5. The maximum atomic E-state index is 12.2. The molecule has 0 heterocycles. The van der Waals surface area contributed by atoms with Crippen LogP contribution in [0.5, 0.6) is 5.75 Å². The molecule has 0 aromatic heterocycles. The number of nitrogens with one attached hydrogen (secondary N) is 1. The molecule has 2 aromatic carbocycles. The molecule has 0 saturated carbocycles. The van der Waals surface area contributed by atoms with Crippen molar-refractivity contribution in [3.05, 3.63) is 64.2 Å². The van der Waals surface area contributed by atoms with Crippen LogP contribution in [0.1, 0.15) is 53.6 Å². The zero-order valence-corrected chi connectivity index (χ0v) is 15.4. The Hall–Kier alpha value is -2.29. The molecule has 0 aliphatic heterocycles. The third-order valence-corrected chi connectivity index (χ3v) is 5.16. The number of amides is 1. The average molecular weight is 337 g/mol. The van der Waals surface area contributed by atoms with Crippen molar-refractivity contribution in [1.29, 1.82) is 0 Å². The molecular weight excluding hydrogens is 310 g/mol. The van der Waals surface area contributed by atoms with Gasteiger partial charge in [-0.25, -0.2) is 0 Å². The quantitative estimate of drug-likeness (QED) is 0.876. The Morgan fingerprint density at radius 1 is 1.12 bits per heavy atom. The predicted molar refractivity (Wildman–Crippen MR) is 101 cm³/mol. The molecule has 1 amide bonds. The Kier molecular flexibility index (Phi) is 5.42. The number of rotatable bonds is 5. The zero-order valence-electron chi connectivity index (χ0n) is 15.4. The van der Waals surface area contributed by atoms with E-state index in [0.717, 1.165) is 17.7 Å². The second-order valence-corrected chi connectivity index (χ2v) is 7.01. The molecule has 132 valence electrons. The second kappa shape index (κ2) is 7.73. The summed E-state index contributed by atoms with van der Waals surface area (Å²) in [6.07, 6.45) is 4.88. The summed E-state index contributed by atoms with van der Waals surface area (Å²) in [6, 6.07) is 12.5. The molecule has 1 aliphatic rings. The van der Waals surface area contributed by atoms with Crippen LogP contribution in [0.4, 0.5) is 0 Å². The van der Waals surface area contributed by atoms with Crippen LogP contribution in [-0.4, -0.2) is 12.5 Å². The molecule has 3 rings (SSSR count). The topological polar surface area (TPSA) is 38.3 Å². The summed E-state index contributed by atoms with van der Waals surface area (Å²) in [5, 5.41) is 3.04. The lowest BCUT2D eigenvalue weighted by Crippen LogP contribution is -2.31. The second-order valence-electron chi connectivity index (χ2n) is 7.01. The van der Waals surface area contributed by atoms with E-state index < -0.39 is 0 Å². The van der Waals surface area contributed by atoms with E-state index in [-0.39, 0.29) is 18.6 Å². The molecule has 0 unspecified atom stereocenters. The molecule has 0 bridgehead atoms. The molecule has 2 aromatic rings. The standard InChI is InChI=1S/C22H27NO2/c1-15-7-6-10-21(16(15)2)25-14-22(24)23-17(3)19-12-11-18-8-4-5-9-20(18)13-19/h6-7,10-13,17H,4-5,8-9,14H2,1-3H3,(H,23,24)/t17-/m0/s1. The molecule has 1 atom stereocenters. The minimum atomic E-state index is -0.0915. The SMILES string of the molecule is Cc1cccc(OCC(=O)N[C@@H](C)c2ccc3c(c2)CCCC3)c1C. The number of ether oxygens (including phenoxy) is 1. The van der Waals surface area contributed by atoms with Crippen LogP contribution in [0.25, 0.3) is 0 Å². The highest BCUT2D eigenvalue weighted by atomic mass is 16.5. The summed E-state index contributed by atoms with van der Waals surface area (Å²) in [5.74, 6) is 0.683. The van der Waals surface area contributed by atoms with Gasteiger partial charge >= 0.3 is 0 Å². The fraction of sp³-hybridized carbons (Fsp3) is 0.409. The Bertz CT molecular complexity index is 767. The number of carbonyl (C=O) groups is 1. The van der Waals surface area contributed by atoms with Crippen molar-refractivity contribution in [2.24, 2.45) is 0 Å². The number of fused-ring (bicyclic) bond motifs is 1. The third-order valence-electron chi connectivity index (χ3n) is 5.16. The highest BCUT2D eigenvalue weighted by Gasteiger charge is 2.14. The summed E-state index contributed by atoms with van der Waals surface area (Å²) < 4.78 is 5.69. The summed E-state index contributed by atoms with van der Waals surface area (Å²) in [5.41, 5.74) is 6.32. The van der Waals surface area contributed by atoms with Crippen molar-refractivity contribution in [3.63, 3.8) is 0 Å². The van der Waals surface area contributed by atoms with Gasteiger partial charge in [0.25, 0.3) is 5.91 Å². The van der Waals surface area contributed by atoms with Crippen LogP contribution in [0, 0.1) is 13.8 Å². The van der Waals surface area contributed by atoms with E-state index >= 15 is 0 Å². The minimum absolute atomic E-state index is 0.0121. The van der Waals surface area contributed by atoms with Crippen molar-refractivity contribution >= 4 is 5.91 Å². The zero-order chi connectivity index (χ0) is 17.8. The summed E-state index contributed by atoms with van der Waals surface area (Å²) in [4.78, 5) is 12.2. The Morgan fingerprint density at radius 3 is 2.68 bits per heavy atom. The van der Waals surface area contributed by atoms with Gasteiger partial charge < -0.3 is 10.1 Å². The molecule has 1 N–H and O–H groups in total. The fourth-order valence-electron chi connectivity index (χ4n) is 3.41. The molecule has 3 heteroatoms. The first kappa shape index (κ1) is 17.5. The first-order valence-corrected chi connectivity index (χ1v) is 9.14. The lowest BCUT2D eigenvalue weighted by molar-refractivity contribution is -0.123. The highest BCUT2D eigenvalue weighted by molar-refractivity contribution is 5.78. The van der Waals surface area contributed by atoms with Crippen LogP contribution in [0.3, 0.4) is 0 Å². The van der Waals surface area contributed by atoms with Gasteiger partial charge in [0, 0.05) is 0 Å².